The molecule has 1 atom stereocenters. The molecule has 2 amide bonds. The minimum atomic E-state index is -1.33. The Labute approximate surface area is 145 Å². The second kappa shape index (κ2) is 6.84. The summed E-state index contributed by atoms with van der Waals surface area (Å²) in [6, 6.07) is 14.1. The molecule has 1 fully saturated rings. The topological polar surface area (TPSA) is 87.6 Å². The molecule has 3 rings (SSSR count). The van der Waals surface area contributed by atoms with Gasteiger partial charge in [-0.15, -0.1) is 0 Å². The second-order valence-corrected chi connectivity index (χ2v) is 6.12. The number of likely N-dealkylation sites (tertiary alicyclic amines) is 1. The van der Waals surface area contributed by atoms with Crippen molar-refractivity contribution in [2.75, 3.05) is 6.54 Å². The molecule has 1 aliphatic rings. The molecule has 6 heteroatoms. The van der Waals surface area contributed by atoms with Crippen LogP contribution in [0.2, 0.25) is 0 Å². The van der Waals surface area contributed by atoms with Gasteiger partial charge >= 0.3 is 5.97 Å². The molecule has 1 N–H and O–H groups in total. The lowest BCUT2D eigenvalue weighted by Crippen LogP contribution is -2.40. The van der Waals surface area contributed by atoms with Gasteiger partial charge in [0.25, 0.3) is 0 Å². The van der Waals surface area contributed by atoms with Crippen LogP contribution in [0.15, 0.2) is 54.7 Å². The van der Waals surface area contributed by atoms with Crippen LogP contribution in [0.3, 0.4) is 0 Å². The molecule has 0 unspecified atom stereocenters. The van der Waals surface area contributed by atoms with E-state index < -0.39 is 23.7 Å². The van der Waals surface area contributed by atoms with Crippen molar-refractivity contribution < 1.29 is 19.5 Å². The fourth-order valence-corrected chi connectivity index (χ4v) is 3.28. The summed E-state index contributed by atoms with van der Waals surface area (Å²) < 4.78 is 0. The minimum Gasteiger partial charge on any atom is -0.481 e. The van der Waals surface area contributed by atoms with E-state index in [1.54, 1.807) is 42.6 Å². The third-order valence-electron chi connectivity index (χ3n) is 4.51. The third-order valence-corrected chi connectivity index (χ3v) is 4.51. The fourth-order valence-electron chi connectivity index (χ4n) is 3.28. The SMILES string of the molecule is O=C(O)C[C@@]1(c2ccccc2)CC(=O)N(CCc2ccccn2)C1=O. The van der Waals surface area contributed by atoms with Crippen molar-refractivity contribution in [1.82, 2.24) is 9.88 Å². The van der Waals surface area contributed by atoms with Crippen LogP contribution in [0.1, 0.15) is 24.1 Å². The fraction of sp³-hybridized carbons (Fsp3) is 0.263. The average molecular weight is 338 g/mol. The van der Waals surface area contributed by atoms with Gasteiger partial charge in [0.05, 0.1) is 11.8 Å². The number of nitrogens with zero attached hydrogens (tertiary/aromatic N) is 2. The number of hydrogen-bond acceptors (Lipinski definition) is 4. The Morgan fingerprint density at radius 1 is 1.12 bits per heavy atom. The van der Waals surface area contributed by atoms with Gasteiger partial charge in [-0.05, 0) is 17.7 Å². The van der Waals surface area contributed by atoms with Crippen LogP contribution in [0.5, 0.6) is 0 Å². The summed E-state index contributed by atoms with van der Waals surface area (Å²) in [5, 5.41) is 9.31. The highest BCUT2D eigenvalue weighted by Gasteiger charge is 2.53. The molecule has 0 radical (unpaired) electrons. The quantitative estimate of drug-likeness (QED) is 0.812. The van der Waals surface area contributed by atoms with Crippen molar-refractivity contribution in [2.45, 2.75) is 24.7 Å². The molecule has 2 heterocycles. The van der Waals surface area contributed by atoms with E-state index in [0.717, 1.165) is 5.69 Å². The van der Waals surface area contributed by atoms with Crippen LogP contribution >= 0.6 is 0 Å². The van der Waals surface area contributed by atoms with Crippen LogP contribution in [-0.4, -0.2) is 39.3 Å². The lowest BCUT2D eigenvalue weighted by atomic mass is 9.76. The van der Waals surface area contributed by atoms with Crippen LogP contribution in [0.4, 0.5) is 0 Å². The number of pyridine rings is 1. The van der Waals surface area contributed by atoms with E-state index in [2.05, 4.69) is 4.98 Å². The maximum atomic E-state index is 13.0. The van der Waals surface area contributed by atoms with Crippen molar-refractivity contribution in [3.05, 3.63) is 66.0 Å². The molecule has 1 saturated heterocycles. The van der Waals surface area contributed by atoms with Gasteiger partial charge in [0, 0.05) is 31.3 Å². The molecule has 25 heavy (non-hydrogen) atoms. The molecule has 0 aliphatic carbocycles. The molecule has 1 aromatic heterocycles. The van der Waals surface area contributed by atoms with Crippen LogP contribution < -0.4 is 0 Å². The Morgan fingerprint density at radius 3 is 2.48 bits per heavy atom. The number of aliphatic carboxylic acids is 1. The molecule has 1 aromatic carbocycles. The zero-order valence-corrected chi connectivity index (χ0v) is 13.6. The summed E-state index contributed by atoms with van der Waals surface area (Å²) in [7, 11) is 0. The minimum absolute atomic E-state index is 0.121. The van der Waals surface area contributed by atoms with Gasteiger partial charge in [0.1, 0.15) is 0 Å². The van der Waals surface area contributed by atoms with Gasteiger partial charge in [-0.2, -0.15) is 0 Å². The molecule has 6 nitrogen and oxygen atoms in total. The maximum absolute atomic E-state index is 13.0. The molecule has 0 saturated carbocycles. The highest BCUT2D eigenvalue weighted by Crippen LogP contribution is 2.39. The van der Waals surface area contributed by atoms with Crippen LogP contribution in [0.25, 0.3) is 0 Å². The number of imide groups is 1. The van der Waals surface area contributed by atoms with Crippen molar-refractivity contribution in [3.63, 3.8) is 0 Å². The molecule has 1 aliphatic heterocycles. The summed E-state index contributed by atoms with van der Waals surface area (Å²) in [6.07, 6.45) is 1.57. The van der Waals surface area contributed by atoms with E-state index in [1.807, 2.05) is 12.1 Å². The van der Waals surface area contributed by atoms with E-state index in [4.69, 9.17) is 0 Å². The Hall–Kier alpha value is -3.02. The molecule has 128 valence electrons. The summed E-state index contributed by atoms with van der Waals surface area (Å²) in [4.78, 5) is 42.2. The smallest absolute Gasteiger partial charge is 0.304 e. The number of aromatic nitrogens is 1. The van der Waals surface area contributed by atoms with Crippen LogP contribution in [-0.2, 0) is 26.2 Å². The second-order valence-electron chi connectivity index (χ2n) is 6.12. The summed E-state index contributed by atoms with van der Waals surface area (Å²) >= 11 is 0. The van der Waals surface area contributed by atoms with Gasteiger partial charge in [-0.25, -0.2) is 0 Å². The first kappa shape index (κ1) is 16.8. The standard InChI is InChI=1S/C19H18N2O4/c22-16-12-19(13-17(23)24,14-6-2-1-3-7-14)18(25)21(16)11-9-15-8-4-5-10-20-15/h1-8,10H,9,11-13H2,(H,23,24)/t19-/m1/s1. The van der Waals surface area contributed by atoms with Crippen LogP contribution in [0, 0.1) is 0 Å². The van der Waals surface area contributed by atoms with E-state index >= 15 is 0 Å². The van der Waals surface area contributed by atoms with Gasteiger partial charge in [-0.1, -0.05) is 36.4 Å². The van der Waals surface area contributed by atoms with E-state index in [1.165, 1.54) is 4.90 Å². The van der Waals surface area contributed by atoms with Crippen molar-refractivity contribution in [2.24, 2.45) is 0 Å². The first-order chi connectivity index (χ1) is 12.0. The summed E-state index contributed by atoms with van der Waals surface area (Å²) in [5.74, 6) is -1.88. The number of carbonyl (C=O) groups is 3. The number of carboxylic acid groups (broad SMARTS) is 1. The van der Waals surface area contributed by atoms with Gasteiger partial charge in [0.15, 0.2) is 0 Å². The van der Waals surface area contributed by atoms with Crippen molar-refractivity contribution in [3.8, 4) is 0 Å². The highest BCUT2D eigenvalue weighted by molar-refractivity contribution is 6.10. The molecular weight excluding hydrogens is 320 g/mol. The number of hydrogen-bond donors (Lipinski definition) is 1. The highest BCUT2D eigenvalue weighted by atomic mass is 16.4. The normalized spacial score (nSPS) is 20.1. The monoisotopic (exact) mass is 338 g/mol. The van der Waals surface area contributed by atoms with Gasteiger partial charge in [-0.3, -0.25) is 24.3 Å². The van der Waals surface area contributed by atoms with Crippen molar-refractivity contribution in [1.29, 1.82) is 0 Å². The largest absolute Gasteiger partial charge is 0.481 e. The number of amides is 2. The predicted octanol–water partition coefficient (Wildman–Crippen LogP) is 1.80. The Kier molecular flexibility index (Phi) is 4.61. The van der Waals surface area contributed by atoms with Gasteiger partial charge in [0.2, 0.25) is 11.8 Å². The number of benzene rings is 1. The average Bonchev–Trinajstić information content (AvgIpc) is 2.85. The molecule has 0 spiro atoms. The summed E-state index contributed by atoms with van der Waals surface area (Å²) in [6.45, 7) is 0.197. The van der Waals surface area contributed by atoms with E-state index in [9.17, 15) is 19.5 Å². The number of carbonyl (C=O) groups excluding carboxylic acids is 2. The Morgan fingerprint density at radius 2 is 1.84 bits per heavy atom. The van der Waals surface area contributed by atoms with E-state index in [-0.39, 0.29) is 18.9 Å². The Balaban J connectivity index is 1.87. The van der Waals surface area contributed by atoms with Gasteiger partial charge < -0.3 is 5.11 Å². The maximum Gasteiger partial charge on any atom is 0.304 e. The first-order valence-corrected chi connectivity index (χ1v) is 8.05. The first-order valence-electron chi connectivity index (χ1n) is 8.05. The lowest BCUT2D eigenvalue weighted by Gasteiger charge is -2.25. The molecule has 0 bridgehead atoms. The lowest BCUT2D eigenvalue weighted by molar-refractivity contribution is -0.145. The third kappa shape index (κ3) is 3.28. The zero-order chi connectivity index (χ0) is 17.9. The number of rotatable bonds is 6. The molecule has 2 aromatic rings. The Bertz CT molecular complexity index is 792. The van der Waals surface area contributed by atoms with E-state index in [0.29, 0.717) is 12.0 Å². The summed E-state index contributed by atoms with van der Waals surface area (Å²) in [5.41, 5.74) is 0.0171. The zero-order valence-electron chi connectivity index (χ0n) is 13.6. The predicted molar refractivity (Wildman–Crippen MR) is 89.7 cm³/mol. The number of carboxylic acids is 1. The molecular formula is C19H18N2O4. The van der Waals surface area contributed by atoms with Crippen molar-refractivity contribution >= 4 is 17.8 Å².